The van der Waals surface area contributed by atoms with Crippen LogP contribution in [0, 0.1) is 74.4 Å². The fraction of sp³-hybridized carbons (Fsp3) is 0.574. The zero-order valence-electron chi connectivity index (χ0n) is 47.3. The van der Waals surface area contributed by atoms with Crippen molar-refractivity contribution in [2.24, 2.45) is 74.4 Å². The number of rotatable bonds is 7. The third kappa shape index (κ3) is 7.31. The molecule has 10 bridgehead atoms. The molecule has 0 amide bonds. The number of aldehydes is 1. The molecule has 6 saturated carbocycles. The van der Waals surface area contributed by atoms with Gasteiger partial charge in [0.15, 0.2) is 17.7 Å². The fourth-order valence-corrected chi connectivity index (χ4v) is 24.5. The van der Waals surface area contributed by atoms with Crippen LogP contribution in [0.15, 0.2) is 113 Å². The normalized spacial score (nSPS) is 44.5. The Hall–Kier alpha value is -4.91. The van der Waals surface area contributed by atoms with E-state index in [1.54, 1.807) is 36.4 Å². The zero-order chi connectivity index (χ0) is 57.6. The molecule has 18 unspecified atom stereocenters. The molecule has 3 aromatic carbocycles. The van der Waals surface area contributed by atoms with Crippen molar-refractivity contribution in [1.82, 2.24) is 10.6 Å². The average Bonchev–Trinajstić information content (AvgIpc) is 1.27. The van der Waals surface area contributed by atoms with E-state index in [4.69, 9.17) is 9.47 Å². The number of phenolic OH excluding ortho intramolecular Hbond substituents is 1. The molecular formula is C68H76N2O12S2. The van der Waals surface area contributed by atoms with Gasteiger partial charge in [-0.3, -0.25) is 9.59 Å². The van der Waals surface area contributed by atoms with Crippen LogP contribution in [-0.4, -0.2) is 108 Å². The molecule has 0 radical (unpaired) electrons. The summed E-state index contributed by atoms with van der Waals surface area (Å²) in [5.41, 5.74) is -1.15. The van der Waals surface area contributed by atoms with Crippen LogP contribution in [0.3, 0.4) is 0 Å². The van der Waals surface area contributed by atoms with Gasteiger partial charge < -0.3 is 60.6 Å². The Morgan fingerprint density at radius 2 is 1.63 bits per heavy atom. The number of phenols is 1. The zero-order valence-corrected chi connectivity index (χ0v) is 48.9. The number of ether oxygens (including phenoxy) is 2. The van der Waals surface area contributed by atoms with Gasteiger partial charge in [-0.25, -0.2) is 0 Å². The van der Waals surface area contributed by atoms with E-state index in [2.05, 4.69) is 22.8 Å². The Morgan fingerprint density at radius 1 is 0.810 bits per heavy atom. The highest BCUT2D eigenvalue weighted by Gasteiger charge is 2.84. The van der Waals surface area contributed by atoms with Crippen LogP contribution >= 0.6 is 21.6 Å². The van der Waals surface area contributed by atoms with Crippen LogP contribution in [0.25, 0.3) is 0 Å². The standard InChI is InChI=1S/C68H76N2O12S2/c71-29-40-6-1-4-37(17-40)18-41-20-51-56(76)46-8-3-9-52-55(46)58(77)65(51,53(75)21-41)35-83-84-36-70-54-24-50-48(28-69-54)42-22-43-27-63(32-62(26-44(63)30-72)15-14-61(31-62)12-10-39(25-61)16-38-5-2-7-45(74)19-38)33-64(43,50)57-47(23-42)49-11-13-67(81-52)60(79)68(57,80)59(78)66(49,34-73)82-67/h1-9,17,19-21,24,30,39,42-44,47,49,51,57,59-60,69-71,73-75,78-80H,10-16,18,22-23,25-29,31-36H2. The quantitative estimate of drug-likeness (QED) is 0.0795. The number of Topliss-reactive ketones (excluding diaryl/α,β-unsaturated/α-hetero) is 2. The predicted octanol–water partition coefficient (Wildman–Crippen LogP) is 8.73. The van der Waals surface area contributed by atoms with Crippen molar-refractivity contribution < 1.29 is 59.6 Å². The lowest BCUT2D eigenvalue weighted by Crippen LogP contribution is -2.88. The van der Waals surface area contributed by atoms with Gasteiger partial charge in [-0.05, 0) is 206 Å². The van der Waals surface area contributed by atoms with Crippen LogP contribution in [0.5, 0.6) is 11.5 Å². The van der Waals surface area contributed by atoms with E-state index in [1.807, 2.05) is 36.4 Å². The van der Waals surface area contributed by atoms with E-state index in [-0.39, 0.29) is 75.9 Å². The van der Waals surface area contributed by atoms with Crippen molar-refractivity contribution >= 4 is 39.4 Å². The molecule has 16 heteroatoms. The Bertz CT molecular complexity index is 3470. The number of carbonyl (C=O) groups excluding carboxylic acids is 3. The van der Waals surface area contributed by atoms with Gasteiger partial charge in [0, 0.05) is 41.5 Å². The predicted molar refractivity (Wildman–Crippen MR) is 315 cm³/mol. The van der Waals surface area contributed by atoms with Crippen LogP contribution in [0.2, 0.25) is 0 Å². The Morgan fingerprint density at radius 3 is 2.46 bits per heavy atom. The molecule has 442 valence electrons. The van der Waals surface area contributed by atoms with E-state index >= 15 is 9.59 Å². The van der Waals surface area contributed by atoms with E-state index in [1.165, 1.54) is 39.0 Å². The maximum Gasteiger partial charge on any atom is 0.240 e. The molecule has 3 aromatic rings. The van der Waals surface area contributed by atoms with Gasteiger partial charge in [0.25, 0.3) is 0 Å². The van der Waals surface area contributed by atoms with E-state index in [0.29, 0.717) is 55.3 Å². The maximum absolute atomic E-state index is 15.9. The molecule has 10 aliphatic carbocycles. The number of ketones is 2. The summed E-state index contributed by atoms with van der Waals surface area (Å²) in [6.07, 6.45) is 16.2. The number of hydrogen-bond donors (Lipinski definition) is 9. The lowest BCUT2D eigenvalue weighted by Gasteiger charge is -2.72. The van der Waals surface area contributed by atoms with Crippen LogP contribution in [-0.2, 0) is 29.0 Å². The summed E-state index contributed by atoms with van der Waals surface area (Å²) in [6, 6.07) is 19.9. The topological polar surface area (TPSA) is 235 Å². The lowest BCUT2D eigenvalue weighted by molar-refractivity contribution is -0.461. The second-order valence-corrected chi connectivity index (χ2v) is 31.3. The summed E-state index contributed by atoms with van der Waals surface area (Å²) in [5, 5.41) is 93.7. The molecule has 4 aliphatic heterocycles. The van der Waals surface area contributed by atoms with Crippen LogP contribution in [0.4, 0.5) is 0 Å². The highest BCUT2D eigenvalue weighted by atomic mass is 33.1. The Labute approximate surface area is 497 Å². The summed E-state index contributed by atoms with van der Waals surface area (Å²) in [5.74, 6) is -4.17. The molecule has 9 N–H and O–H groups in total. The van der Waals surface area contributed by atoms with Gasteiger partial charge in [-0.2, -0.15) is 0 Å². The Kier molecular flexibility index (Phi) is 12.2. The van der Waals surface area contributed by atoms with E-state index < -0.39 is 81.4 Å². The van der Waals surface area contributed by atoms with Crippen LogP contribution in [0.1, 0.15) is 127 Å². The number of allylic oxidation sites excluding steroid dienone is 6. The highest BCUT2D eigenvalue weighted by Crippen LogP contribution is 2.81. The third-order valence-corrected chi connectivity index (χ3v) is 27.2. The molecule has 8 fully saturated rings. The molecule has 18 atom stereocenters. The van der Waals surface area contributed by atoms with Gasteiger partial charge in [0.2, 0.25) is 5.79 Å². The second-order valence-electron chi connectivity index (χ2n) is 28.8. The lowest BCUT2D eigenvalue weighted by atomic mass is 9.42. The van der Waals surface area contributed by atoms with Gasteiger partial charge in [0.1, 0.15) is 46.3 Å². The first-order valence-electron chi connectivity index (χ1n) is 31.0. The summed E-state index contributed by atoms with van der Waals surface area (Å²) in [4.78, 5) is 45.4. The Balaban J connectivity index is 0.806. The molecule has 84 heavy (non-hydrogen) atoms. The van der Waals surface area contributed by atoms with Crippen molar-refractivity contribution in [2.45, 2.75) is 139 Å². The van der Waals surface area contributed by atoms with Crippen LogP contribution < -0.4 is 15.4 Å². The summed E-state index contributed by atoms with van der Waals surface area (Å²) in [7, 11) is 2.87. The van der Waals surface area contributed by atoms with Crippen molar-refractivity contribution in [3.05, 3.63) is 141 Å². The number of aliphatic hydroxyl groups excluding tert-OH is 5. The summed E-state index contributed by atoms with van der Waals surface area (Å²) >= 11 is 0. The summed E-state index contributed by atoms with van der Waals surface area (Å²) in [6.45, 7) is -0.273. The van der Waals surface area contributed by atoms with Gasteiger partial charge in [-0.1, -0.05) is 76.2 Å². The third-order valence-electron chi connectivity index (χ3n) is 25.0. The maximum atomic E-state index is 15.9. The molecule has 17 rings (SSSR count). The molecule has 6 spiro atoms. The molecule has 2 saturated heterocycles. The smallest absolute Gasteiger partial charge is 0.240 e. The first-order chi connectivity index (χ1) is 40.5. The average molecular weight is 1180 g/mol. The van der Waals surface area contributed by atoms with Crippen molar-refractivity contribution in [3.63, 3.8) is 0 Å². The number of dihydropyridines is 1. The number of benzene rings is 3. The van der Waals surface area contributed by atoms with Crippen molar-refractivity contribution in [2.75, 3.05) is 24.8 Å². The SMILES string of the molecule is O=CC1CC2(CCC3(CCC(Cc4cccc(O)c4)C3)C2)CC12CC1CC3CC4C5CCC67Oc8cccc9c8C(=O)C8(CSSCNC%10=CC(=C3CN%10)C1(C2)C4C(O)(C6O)C(O)C5(CO)O7)C(O)=CC(Cc1cccc(CO)c1)=CC8C9=O. The largest absolute Gasteiger partial charge is 0.511 e. The van der Waals surface area contributed by atoms with Crippen molar-refractivity contribution in [3.8, 4) is 11.5 Å². The number of aliphatic hydroxyl groups is 6. The molecule has 4 heterocycles. The molecule has 0 aromatic heterocycles. The number of carbonyl (C=O) groups is 3. The minimum atomic E-state index is -2.35. The second kappa shape index (κ2) is 18.8. The number of aromatic hydroxyl groups is 1. The van der Waals surface area contributed by atoms with Gasteiger partial charge in [-0.15, -0.1) is 0 Å². The summed E-state index contributed by atoms with van der Waals surface area (Å²) < 4.78 is 14.3. The van der Waals surface area contributed by atoms with Gasteiger partial charge >= 0.3 is 0 Å². The van der Waals surface area contributed by atoms with E-state index in [9.17, 15) is 40.5 Å². The van der Waals surface area contributed by atoms with Crippen molar-refractivity contribution in [1.29, 1.82) is 0 Å². The monoisotopic (exact) mass is 1180 g/mol. The first-order valence-corrected chi connectivity index (χ1v) is 33.5. The molecular weight excluding hydrogens is 1100 g/mol. The van der Waals surface area contributed by atoms with Gasteiger partial charge in [0.05, 0.1) is 36.4 Å². The fourth-order valence-electron chi connectivity index (χ4n) is 22.2. The highest BCUT2D eigenvalue weighted by molar-refractivity contribution is 8.76. The molecule has 14 aliphatic rings. The van der Waals surface area contributed by atoms with E-state index in [0.717, 1.165) is 93.2 Å². The first kappa shape index (κ1) is 54.5. The number of nitrogens with one attached hydrogen (secondary N) is 2. The molecule has 14 nitrogen and oxygen atoms in total. The minimum absolute atomic E-state index is 0.0119. The number of hydrogen-bond acceptors (Lipinski definition) is 16. The minimum Gasteiger partial charge on any atom is -0.511 e.